The first-order valence-corrected chi connectivity index (χ1v) is 9.04. The number of nitrogens with one attached hydrogen (secondary N) is 1. The average molecular weight is 351 g/mol. The van der Waals surface area contributed by atoms with Crippen molar-refractivity contribution in [3.63, 3.8) is 0 Å². The Hall–Kier alpha value is -2.82. The van der Waals surface area contributed by atoms with Crippen LogP contribution in [-0.4, -0.2) is 18.5 Å². The van der Waals surface area contributed by atoms with Crippen LogP contribution < -0.4 is 5.32 Å². The van der Waals surface area contributed by atoms with Crippen LogP contribution in [0.5, 0.6) is 0 Å². The maximum atomic E-state index is 12.6. The Balaban J connectivity index is 1.87. The lowest BCUT2D eigenvalue weighted by atomic mass is 9.94. The predicted molar refractivity (Wildman–Crippen MR) is 99.0 cm³/mol. The first-order valence-electron chi connectivity index (χ1n) is 9.04. The van der Waals surface area contributed by atoms with Gasteiger partial charge in [0.1, 0.15) is 17.1 Å². The molecule has 5 nitrogen and oxygen atoms in total. The van der Waals surface area contributed by atoms with Crippen molar-refractivity contribution in [1.29, 1.82) is 0 Å². The summed E-state index contributed by atoms with van der Waals surface area (Å²) < 4.78 is 11.3. The molecule has 0 spiro atoms. The van der Waals surface area contributed by atoms with Crippen LogP contribution in [0.2, 0.25) is 0 Å². The summed E-state index contributed by atoms with van der Waals surface area (Å²) in [6, 6.07) is 5.75. The second-order valence-electron chi connectivity index (χ2n) is 6.68. The summed E-state index contributed by atoms with van der Waals surface area (Å²) in [6.07, 6.45) is 5.38. The fourth-order valence-corrected chi connectivity index (χ4v) is 3.82. The third-order valence-corrected chi connectivity index (χ3v) is 4.99. The summed E-state index contributed by atoms with van der Waals surface area (Å²) in [5, 5.41) is 2.88. The Morgan fingerprint density at radius 1 is 1.31 bits per heavy atom. The van der Waals surface area contributed by atoms with Crippen LogP contribution in [0.25, 0.3) is 11.6 Å². The second kappa shape index (κ2) is 6.48. The Morgan fingerprint density at radius 2 is 2.12 bits per heavy atom. The average Bonchev–Trinajstić information content (AvgIpc) is 3.14. The number of esters is 1. The largest absolute Gasteiger partial charge is 0.462 e. The van der Waals surface area contributed by atoms with Gasteiger partial charge in [0, 0.05) is 23.2 Å². The van der Waals surface area contributed by atoms with Gasteiger partial charge in [-0.3, -0.25) is 4.79 Å². The molecule has 4 rings (SSSR count). The highest BCUT2D eigenvalue weighted by molar-refractivity contribution is 6.35. The van der Waals surface area contributed by atoms with E-state index in [9.17, 15) is 9.59 Å². The molecule has 1 aromatic heterocycles. The van der Waals surface area contributed by atoms with Gasteiger partial charge in [-0.25, -0.2) is 4.79 Å². The molecule has 0 saturated heterocycles. The van der Waals surface area contributed by atoms with Crippen LogP contribution >= 0.6 is 0 Å². The standard InChI is InChI=1S/C21H21NO4/c1-3-25-21(24)19-13-8-4-5-10-16(13)26-17(19)11-14-18-12(2)7-6-9-15(18)22-20(14)23/h6-7,9,11H,3-5,8,10H2,1-2H3,(H,22,23). The molecule has 2 heterocycles. The summed E-state index contributed by atoms with van der Waals surface area (Å²) >= 11 is 0. The van der Waals surface area contributed by atoms with E-state index in [1.807, 2.05) is 25.1 Å². The van der Waals surface area contributed by atoms with Crippen molar-refractivity contribution in [1.82, 2.24) is 0 Å². The Kier molecular flexibility index (Phi) is 4.15. The molecule has 0 unspecified atom stereocenters. The summed E-state index contributed by atoms with van der Waals surface area (Å²) in [5.41, 5.74) is 4.58. The lowest BCUT2D eigenvalue weighted by Gasteiger charge is -2.10. The van der Waals surface area contributed by atoms with E-state index in [1.54, 1.807) is 13.0 Å². The van der Waals surface area contributed by atoms with Gasteiger partial charge >= 0.3 is 5.97 Å². The molecule has 2 aromatic rings. The van der Waals surface area contributed by atoms with Crippen LogP contribution in [0, 0.1) is 6.92 Å². The van der Waals surface area contributed by atoms with E-state index in [0.717, 1.165) is 53.8 Å². The summed E-state index contributed by atoms with van der Waals surface area (Å²) in [4.78, 5) is 25.1. The zero-order chi connectivity index (χ0) is 18.3. The van der Waals surface area contributed by atoms with Gasteiger partial charge in [0.15, 0.2) is 0 Å². The van der Waals surface area contributed by atoms with E-state index >= 15 is 0 Å². The Bertz CT molecular complexity index is 936. The van der Waals surface area contributed by atoms with Crippen molar-refractivity contribution in [2.24, 2.45) is 0 Å². The predicted octanol–water partition coefficient (Wildman–Crippen LogP) is 4.14. The van der Waals surface area contributed by atoms with Gasteiger partial charge in [0.25, 0.3) is 5.91 Å². The highest BCUT2D eigenvalue weighted by atomic mass is 16.5. The number of hydrogen-bond acceptors (Lipinski definition) is 4. The van der Waals surface area contributed by atoms with E-state index in [2.05, 4.69) is 5.32 Å². The SMILES string of the molecule is CCOC(=O)c1c(C=C2C(=O)Nc3cccc(C)c32)oc2c1CCCC2. The van der Waals surface area contributed by atoms with Gasteiger partial charge in [-0.2, -0.15) is 0 Å². The van der Waals surface area contributed by atoms with E-state index in [4.69, 9.17) is 9.15 Å². The molecule has 134 valence electrons. The molecule has 0 bridgehead atoms. The summed E-state index contributed by atoms with van der Waals surface area (Å²) in [6.45, 7) is 4.05. The zero-order valence-corrected chi connectivity index (χ0v) is 15.0. The molecule has 26 heavy (non-hydrogen) atoms. The van der Waals surface area contributed by atoms with Crippen molar-refractivity contribution in [3.8, 4) is 0 Å². The number of aryl methyl sites for hydroxylation is 2. The van der Waals surface area contributed by atoms with E-state index < -0.39 is 0 Å². The number of fused-ring (bicyclic) bond motifs is 2. The van der Waals surface area contributed by atoms with Crippen molar-refractivity contribution in [2.75, 3.05) is 11.9 Å². The Labute approximate surface area is 152 Å². The highest BCUT2D eigenvalue weighted by Crippen LogP contribution is 2.38. The van der Waals surface area contributed by atoms with E-state index in [1.165, 1.54) is 0 Å². The molecule has 1 aliphatic carbocycles. The van der Waals surface area contributed by atoms with Crippen LogP contribution in [0.4, 0.5) is 5.69 Å². The molecule has 0 atom stereocenters. The number of hydrogen-bond donors (Lipinski definition) is 1. The third kappa shape index (κ3) is 2.64. The van der Waals surface area contributed by atoms with Crippen molar-refractivity contribution >= 4 is 29.2 Å². The monoisotopic (exact) mass is 351 g/mol. The molecule has 5 heteroatoms. The molecule has 0 fully saturated rings. The number of rotatable bonds is 3. The highest BCUT2D eigenvalue weighted by Gasteiger charge is 2.30. The fourth-order valence-electron chi connectivity index (χ4n) is 3.82. The quantitative estimate of drug-likeness (QED) is 0.667. The summed E-state index contributed by atoms with van der Waals surface area (Å²) in [7, 11) is 0. The van der Waals surface area contributed by atoms with Crippen LogP contribution in [-0.2, 0) is 22.4 Å². The minimum Gasteiger partial charge on any atom is -0.462 e. The number of anilines is 1. The lowest BCUT2D eigenvalue weighted by Crippen LogP contribution is -2.10. The first-order chi connectivity index (χ1) is 12.6. The normalized spacial score (nSPS) is 17.0. The van der Waals surface area contributed by atoms with Gasteiger partial charge in [-0.05, 0) is 50.8 Å². The second-order valence-corrected chi connectivity index (χ2v) is 6.68. The Morgan fingerprint density at radius 3 is 2.92 bits per heavy atom. The fraction of sp³-hybridized carbons (Fsp3) is 0.333. The van der Waals surface area contributed by atoms with Gasteiger partial charge in [0.05, 0.1) is 12.2 Å². The molecule has 1 amide bonds. The molecule has 1 N–H and O–H groups in total. The molecule has 0 saturated carbocycles. The number of furan rings is 1. The zero-order valence-electron chi connectivity index (χ0n) is 15.0. The minimum absolute atomic E-state index is 0.182. The molecule has 0 radical (unpaired) electrons. The number of benzene rings is 1. The van der Waals surface area contributed by atoms with E-state index in [-0.39, 0.29) is 11.9 Å². The van der Waals surface area contributed by atoms with Crippen LogP contribution in [0.15, 0.2) is 22.6 Å². The molecular formula is C21H21NO4. The van der Waals surface area contributed by atoms with Gasteiger partial charge in [-0.1, -0.05) is 12.1 Å². The maximum absolute atomic E-state index is 12.6. The number of carbonyl (C=O) groups is 2. The first kappa shape index (κ1) is 16.6. The van der Waals surface area contributed by atoms with Gasteiger partial charge < -0.3 is 14.5 Å². The molecular weight excluding hydrogens is 330 g/mol. The van der Waals surface area contributed by atoms with Gasteiger partial charge in [0.2, 0.25) is 0 Å². The minimum atomic E-state index is -0.380. The number of carbonyl (C=O) groups excluding carboxylic acids is 2. The molecule has 2 aliphatic rings. The van der Waals surface area contributed by atoms with Gasteiger partial charge in [-0.15, -0.1) is 0 Å². The third-order valence-electron chi connectivity index (χ3n) is 4.99. The number of amides is 1. The smallest absolute Gasteiger partial charge is 0.342 e. The topological polar surface area (TPSA) is 68.5 Å². The number of ether oxygens (including phenoxy) is 1. The van der Waals surface area contributed by atoms with E-state index in [0.29, 0.717) is 23.5 Å². The van der Waals surface area contributed by atoms with Crippen LogP contribution in [0.3, 0.4) is 0 Å². The summed E-state index contributed by atoms with van der Waals surface area (Å²) in [5.74, 6) is 0.708. The molecule has 1 aliphatic heterocycles. The molecule has 1 aromatic carbocycles. The van der Waals surface area contributed by atoms with Crippen molar-refractivity contribution in [3.05, 3.63) is 52.0 Å². The van der Waals surface area contributed by atoms with Crippen molar-refractivity contribution < 1.29 is 18.7 Å². The van der Waals surface area contributed by atoms with Crippen LogP contribution in [0.1, 0.15) is 58.3 Å². The lowest BCUT2D eigenvalue weighted by molar-refractivity contribution is -0.110. The van der Waals surface area contributed by atoms with Crippen molar-refractivity contribution in [2.45, 2.75) is 39.5 Å². The maximum Gasteiger partial charge on any atom is 0.342 e.